The van der Waals surface area contributed by atoms with Crippen LogP contribution in [0.15, 0.2) is 11.6 Å². The number of Topliss-reactive ketones (excluding diaryl/α,β-unsaturated/α-hetero) is 2. The molecule has 8 nitrogen and oxygen atoms in total. The van der Waals surface area contributed by atoms with Crippen molar-refractivity contribution in [3.05, 3.63) is 11.6 Å². The van der Waals surface area contributed by atoms with Crippen molar-refractivity contribution in [2.24, 2.45) is 28.6 Å². The first kappa shape index (κ1) is 22.3. The topological polar surface area (TPSA) is 138 Å². The zero-order valence-electron chi connectivity index (χ0n) is 18.1. The number of carbonyl (C=O) groups excluding carboxylic acids is 4. The minimum absolute atomic E-state index is 0.0548. The van der Waals surface area contributed by atoms with Crippen molar-refractivity contribution in [1.29, 1.82) is 0 Å². The predicted molar refractivity (Wildman–Crippen MR) is 106 cm³/mol. The molecule has 0 aliphatic heterocycles. The van der Waals surface area contributed by atoms with Gasteiger partial charge in [0.15, 0.2) is 12.4 Å². The minimum Gasteiger partial charge on any atom is -0.458 e. The number of aliphatic hydroxyl groups excluding tert-OH is 2. The van der Waals surface area contributed by atoms with Gasteiger partial charge in [0.2, 0.25) is 5.78 Å². The van der Waals surface area contributed by atoms with E-state index in [-0.39, 0.29) is 36.7 Å². The fourth-order valence-electron chi connectivity index (χ4n) is 7.14. The number of esters is 1. The molecule has 0 radical (unpaired) electrons. The van der Waals surface area contributed by atoms with Gasteiger partial charge in [0.1, 0.15) is 17.5 Å². The highest BCUT2D eigenvalue weighted by Crippen LogP contribution is 2.66. The van der Waals surface area contributed by atoms with E-state index in [0.717, 1.165) is 0 Å². The highest BCUT2D eigenvalue weighted by molar-refractivity contribution is 5.95. The lowest BCUT2D eigenvalue weighted by molar-refractivity contribution is -0.187. The van der Waals surface area contributed by atoms with E-state index in [2.05, 4.69) is 0 Å². The third-order valence-corrected chi connectivity index (χ3v) is 8.78. The van der Waals surface area contributed by atoms with E-state index in [1.54, 1.807) is 6.92 Å². The Kier molecular flexibility index (Phi) is 5.07. The van der Waals surface area contributed by atoms with E-state index in [1.165, 1.54) is 13.0 Å². The normalized spacial score (nSPS) is 46.5. The number of rotatable bonds is 3. The van der Waals surface area contributed by atoms with E-state index in [4.69, 9.17) is 4.74 Å². The highest BCUT2D eigenvalue weighted by atomic mass is 16.5. The van der Waals surface area contributed by atoms with Gasteiger partial charge in [-0.05, 0) is 36.8 Å². The molecule has 0 aromatic rings. The lowest BCUT2D eigenvalue weighted by Crippen LogP contribution is -2.66. The first-order valence-electron chi connectivity index (χ1n) is 10.9. The van der Waals surface area contributed by atoms with E-state index in [1.807, 2.05) is 6.92 Å². The van der Waals surface area contributed by atoms with Crippen LogP contribution in [-0.2, 0) is 23.9 Å². The molecule has 8 atom stereocenters. The Balaban J connectivity index is 1.74. The monoisotopic (exact) mass is 434 g/mol. The van der Waals surface area contributed by atoms with Crippen LogP contribution in [0.5, 0.6) is 0 Å². The molecule has 0 spiro atoms. The van der Waals surface area contributed by atoms with Crippen LogP contribution < -0.4 is 0 Å². The van der Waals surface area contributed by atoms with Crippen LogP contribution in [-0.4, -0.2) is 63.1 Å². The molecule has 0 saturated heterocycles. The average Bonchev–Trinajstić information content (AvgIpc) is 2.96. The Morgan fingerprint density at radius 1 is 1.19 bits per heavy atom. The third kappa shape index (κ3) is 2.91. The second-order valence-electron chi connectivity index (χ2n) is 10.2. The summed E-state index contributed by atoms with van der Waals surface area (Å²) in [6.45, 7) is 4.15. The molecule has 0 amide bonds. The molecule has 170 valence electrons. The van der Waals surface area contributed by atoms with Crippen LogP contribution in [0.2, 0.25) is 0 Å². The van der Waals surface area contributed by atoms with Gasteiger partial charge >= 0.3 is 5.97 Å². The molecule has 31 heavy (non-hydrogen) atoms. The summed E-state index contributed by atoms with van der Waals surface area (Å²) in [5, 5.41) is 33.4. The smallest absolute Gasteiger partial charge is 0.303 e. The predicted octanol–water partition coefficient (Wildman–Crippen LogP) is 0.502. The van der Waals surface area contributed by atoms with Gasteiger partial charge in [0.05, 0.1) is 6.10 Å². The van der Waals surface area contributed by atoms with E-state index >= 15 is 0 Å². The number of ketones is 3. The molecular formula is C23H30O8. The maximum Gasteiger partial charge on any atom is 0.303 e. The number of hydrogen-bond acceptors (Lipinski definition) is 8. The standard InChI is InChI=1S/C23H30O8/c1-11(24)31-10-16(27)23(30)7-5-13-17-18(15(26)9-22(13,23)3)21(2)6-4-12(25)8-14(21)19(28)20(17)29/h8,13,17-20,28-30H,4-7,9-10H2,1-3H3/t13-,17-,18-,19+,20-,21-,22-,23-/m0/s1. The Labute approximate surface area is 180 Å². The number of fused-ring (bicyclic) bond motifs is 5. The van der Waals surface area contributed by atoms with Crippen LogP contribution in [0.3, 0.4) is 0 Å². The first-order chi connectivity index (χ1) is 14.4. The Morgan fingerprint density at radius 3 is 2.52 bits per heavy atom. The first-order valence-corrected chi connectivity index (χ1v) is 10.9. The molecule has 4 aliphatic rings. The van der Waals surface area contributed by atoms with Crippen LogP contribution in [0.1, 0.15) is 52.9 Å². The van der Waals surface area contributed by atoms with Gasteiger partial charge in [-0.1, -0.05) is 13.8 Å². The maximum atomic E-state index is 13.5. The largest absolute Gasteiger partial charge is 0.458 e. The van der Waals surface area contributed by atoms with Crippen LogP contribution >= 0.6 is 0 Å². The molecule has 0 unspecified atom stereocenters. The average molecular weight is 434 g/mol. The van der Waals surface area contributed by atoms with Crippen molar-refractivity contribution in [2.75, 3.05) is 6.61 Å². The van der Waals surface area contributed by atoms with Gasteiger partial charge in [0, 0.05) is 42.4 Å². The van der Waals surface area contributed by atoms with Crippen LogP contribution in [0.25, 0.3) is 0 Å². The lowest BCUT2D eigenvalue weighted by atomic mass is 9.44. The molecule has 3 N–H and O–H groups in total. The second kappa shape index (κ2) is 7.05. The summed E-state index contributed by atoms with van der Waals surface area (Å²) < 4.78 is 4.81. The van der Waals surface area contributed by atoms with Gasteiger partial charge in [0.25, 0.3) is 0 Å². The van der Waals surface area contributed by atoms with Gasteiger partial charge < -0.3 is 20.1 Å². The maximum absolute atomic E-state index is 13.5. The van der Waals surface area contributed by atoms with Gasteiger partial charge in [-0.3, -0.25) is 19.2 Å². The van der Waals surface area contributed by atoms with Gasteiger partial charge in [-0.25, -0.2) is 0 Å². The van der Waals surface area contributed by atoms with Crippen molar-refractivity contribution in [2.45, 2.75) is 70.7 Å². The zero-order valence-corrected chi connectivity index (χ0v) is 18.1. The molecule has 0 aromatic heterocycles. The van der Waals surface area contributed by atoms with Crippen molar-refractivity contribution in [3.8, 4) is 0 Å². The molecule has 3 saturated carbocycles. The van der Waals surface area contributed by atoms with E-state index < -0.39 is 58.8 Å². The summed E-state index contributed by atoms with van der Waals surface area (Å²) in [4.78, 5) is 49.5. The molecule has 4 aliphatic carbocycles. The molecule has 0 bridgehead atoms. The molecule has 0 aromatic carbocycles. The quantitative estimate of drug-likeness (QED) is 0.546. The Hall–Kier alpha value is -1.90. The van der Waals surface area contributed by atoms with Crippen molar-refractivity contribution < 1.29 is 39.2 Å². The molecule has 3 fully saturated rings. The zero-order chi connectivity index (χ0) is 22.9. The van der Waals surface area contributed by atoms with E-state index in [9.17, 15) is 34.5 Å². The second-order valence-corrected chi connectivity index (χ2v) is 10.2. The van der Waals surface area contributed by atoms with E-state index in [0.29, 0.717) is 18.4 Å². The molecule has 0 heterocycles. The molecule has 4 rings (SSSR count). The fourth-order valence-corrected chi connectivity index (χ4v) is 7.14. The minimum atomic E-state index is -1.86. The van der Waals surface area contributed by atoms with Crippen molar-refractivity contribution in [3.63, 3.8) is 0 Å². The van der Waals surface area contributed by atoms with Crippen molar-refractivity contribution >= 4 is 23.3 Å². The SMILES string of the molecule is CC(=O)OCC(=O)[C@@]1(O)CC[C@H]2[C@@H]3[C@H](O)[C@H](O)C4=CC(=O)CC[C@]4(C)[C@H]3C(=O)C[C@@]21C. The number of hydrogen-bond donors (Lipinski definition) is 3. The van der Waals surface area contributed by atoms with Crippen LogP contribution in [0, 0.1) is 28.6 Å². The molecule has 8 heteroatoms. The highest BCUT2D eigenvalue weighted by Gasteiger charge is 2.71. The summed E-state index contributed by atoms with van der Waals surface area (Å²) >= 11 is 0. The summed E-state index contributed by atoms with van der Waals surface area (Å²) in [7, 11) is 0. The Bertz CT molecular complexity index is 892. The third-order valence-electron chi connectivity index (χ3n) is 8.78. The van der Waals surface area contributed by atoms with Crippen molar-refractivity contribution in [1.82, 2.24) is 0 Å². The summed E-state index contributed by atoms with van der Waals surface area (Å²) in [6.07, 6.45) is -0.0788. The Morgan fingerprint density at radius 2 is 1.87 bits per heavy atom. The fraction of sp³-hybridized carbons (Fsp3) is 0.739. The van der Waals surface area contributed by atoms with Gasteiger partial charge in [-0.2, -0.15) is 0 Å². The van der Waals surface area contributed by atoms with Gasteiger partial charge in [-0.15, -0.1) is 0 Å². The summed E-state index contributed by atoms with van der Waals surface area (Å²) in [5.74, 6) is -3.24. The summed E-state index contributed by atoms with van der Waals surface area (Å²) in [5.41, 5.74) is -3.35. The summed E-state index contributed by atoms with van der Waals surface area (Å²) in [6, 6.07) is 0. The van der Waals surface area contributed by atoms with Crippen LogP contribution in [0.4, 0.5) is 0 Å². The number of carbonyl (C=O) groups is 4. The molecular weight excluding hydrogens is 404 g/mol. The lowest BCUT2D eigenvalue weighted by Gasteiger charge is -2.60. The number of ether oxygens (including phenoxy) is 1. The number of aliphatic hydroxyl groups is 3.